The normalized spacial score (nSPS) is 24.6. The maximum absolute atomic E-state index is 3.34. The molecule has 3 aromatic carbocycles. The Kier molecular flexibility index (Phi) is 18.2. The van der Waals surface area contributed by atoms with Crippen molar-refractivity contribution >= 4 is 29.0 Å². The molecule has 0 heterocycles. The Bertz CT molecular complexity index is 1410. The van der Waals surface area contributed by atoms with Crippen LogP contribution in [0, 0.1) is 67.1 Å². The minimum atomic E-state index is 0. The Morgan fingerprint density at radius 2 is 1.46 bits per heavy atom. The van der Waals surface area contributed by atoms with Gasteiger partial charge >= 0.3 is 28.4 Å². The number of halogens is 2. The summed E-state index contributed by atoms with van der Waals surface area (Å²) in [6.07, 6.45) is 18.5. The molecule has 2 saturated carbocycles. The first-order valence-corrected chi connectivity index (χ1v) is 19.1. The molecule has 0 radical (unpaired) electrons. The first-order valence-electron chi connectivity index (χ1n) is 17.4. The number of aryl methyl sites for hydroxylation is 2. The van der Waals surface area contributed by atoms with E-state index in [9.17, 15) is 0 Å². The van der Waals surface area contributed by atoms with E-state index in [1.165, 1.54) is 73.9 Å². The summed E-state index contributed by atoms with van der Waals surface area (Å²) in [5, 5.41) is 0. The van der Waals surface area contributed by atoms with E-state index in [1.54, 1.807) is 17.0 Å². The van der Waals surface area contributed by atoms with E-state index in [-0.39, 0.29) is 24.8 Å². The van der Waals surface area contributed by atoms with Crippen LogP contribution in [0.15, 0.2) is 102 Å². The molecule has 3 aromatic rings. The fraction of sp³-hybridized carbons (Fsp3) is 0.422. The van der Waals surface area contributed by atoms with E-state index < -0.39 is 0 Å². The molecule has 0 amide bonds. The summed E-state index contributed by atoms with van der Waals surface area (Å²) < 4.78 is 3.34. The molecule has 5 unspecified atom stereocenters. The number of hydrogen-bond donors (Lipinski definition) is 0. The van der Waals surface area contributed by atoms with Gasteiger partial charge in [-0.1, -0.05) is 113 Å². The molecule has 8 rings (SSSR count). The van der Waals surface area contributed by atoms with Crippen LogP contribution in [-0.2, 0) is 30.7 Å². The van der Waals surface area contributed by atoms with Crippen molar-refractivity contribution in [1.29, 1.82) is 0 Å². The Morgan fingerprint density at radius 1 is 0.854 bits per heavy atom. The zero-order valence-electron chi connectivity index (χ0n) is 30.0. The summed E-state index contributed by atoms with van der Waals surface area (Å²) in [5.41, 5.74) is 9.89. The molecule has 0 aliphatic heterocycles. The van der Waals surface area contributed by atoms with Gasteiger partial charge in [-0.3, -0.25) is 6.08 Å². The van der Waals surface area contributed by atoms with Gasteiger partial charge in [0.2, 0.25) is 0 Å². The van der Waals surface area contributed by atoms with E-state index >= 15 is 0 Å². The molecule has 3 heteroatoms. The van der Waals surface area contributed by atoms with Crippen molar-refractivity contribution < 1.29 is 24.2 Å². The SMILES string of the molecule is C[C-]1C2=C3Cc4ccccc4C3C3CCCCC3C2CC(C)C1(C)C.Cc1c[c-]ccc1.Cc1c[c-]ccc1.Cl.Cl.[C-]1=CC=CC1.[CH2]=[Zr]. The van der Waals surface area contributed by atoms with Crippen LogP contribution in [0.2, 0.25) is 0 Å². The summed E-state index contributed by atoms with van der Waals surface area (Å²) >= 11 is 1.30. The Balaban J connectivity index is 0.000000284. The Labute approximate surface area is 321 Å². The molecule has 0 nitrogen and oxygen atoms in total. The topological polar surface area (TPSA) is 0 Å². The van der Waals surface area contributed by atoms with Crippen molar-refractivity contribution in [2.24, 2.45) is 29.1 Å². The van der Waals surface area contributed by atoms with Crippen LogP contribution >= 0.6 is 24.8 Å². The van der Waals surface area contributed by atoms with E-state index in [1.807, 2.05) is 59.7 Å². The third kappa shape index (κ3) is 10.3. The molecule has 2 fully saturated rings. The second-order valence-electron chi connectivity index (χ2n) is 14.2. The summed E-state index contributed by atoms with van der Waals surface area (Å²) in [6.45, 7) is 14.1. The van der Waals surface area contributed by atoms with Crippen LogP contribution in [0.1, 0.15) is 94.4 Å². The third-order valence-corrected chi connectivity index (χ3v) is 11.2. The first-order chi connectivity index (χ1) is 22.3. The fourth-order valence-electron chi connectivity index (χ4n) is 8.32. The summed E-state index contributed by atoms with van der Waals surface area (Å²) in [6, 6.07) is 31.1. The van der Waals surface area contributed by atoms with Crippen molar-refractivity contribution in [2.75, 3.05) is 0 Å². The van der Waals surface area contributed by atoms with Gasteiger partial charge in [-0.05, 0) is 30.6 Å². The molecular weight excluding hydrogens is 703 g/mol. The van der Waals surface area contributed by atoms with E-state index in [4.69, 9.17) is 0 Å². The zero-order valence-corrected chi connectivity index (χ0v) is 34.1. The van der Waals surface area contributed by atoms with Crippen molar-refractivity contribution in [3.05, 3.63) is 149 Å². The zero-order chi connectivity index (χ0) is 33.1. The van der Waals surface area contributed by atoms with E-state index in [2.05, 4.69) is 106 Å². The Hall–Kier alpha value is -1.92. The number of hydrogen-bond acceptors (Lipinski definition) is 0. The summed E-state index contributed by atoms with van der Waals surface area (Å²) in [5.74, 6) is 6.00. The number of allylic oxidation sites excluding steroid dienone is 6. The average Bonchev–Trinajstić information content (AvgIpc) is 3.79. The Morgan fingerprint density at radius 3 is 1.94 bits per heavy atom. The van der Waals surface area contributed by atoms with Crippen LogP contribution < -0.4 is 0 Å². The minimum absolute atomic E-state index is 0. The standard InChI is InChI=1S/C25H33.2C7H7.C5H5.CH2.2ClH.Zr/c1-15-13-21-19-11-7-8-12-20(19)24-18-10-6-5-9-17(18)14-22(24)23(21)16(2)25(15,3)4;2*1-7-5-3-2-4-6-7;1-2-4-5-3-1;;;;/h5-6,9-10,15,19-21,24H,7-8,11-14H2,1-4H3;2*2-3,5-6H,1H3;1-3H,4H2;1H2;2*1H;/q4*-1;;;;. The first kappa shape index (κ1) is 42.3. The van der Waals surface area contributed by atoms with E-state index in [0.717, 1.165) is 36.0 Å². The third-order valence-electron chi connectivity index (χ3n) is 11.2. The van der Waals surface area contributed by atoms with Gasteiger partial charge in [0.25, 0.3) is 0 Å². The van der Waals surface area contributed by atoms with Crippen molar-refractivity contribution in [3.63, 3.8) is 0 Å². The molecule has 48 heavy (non-hydrogen) atoms. The number of rotatable bonds is 0. The van der Waals surface area contributed by atoms with Gasteiger partial charge < -0.3 is 0 Å². The summed E-state index contributed by atoms with van der Waals surface area (Å²) in [7, 11) is 0. The van der Waals surface area contributed by atoms with Gasteiger partial charge in [0.1, 0.15) is 0 Å². The molecule has 258 valence electrons. The van der Waals surface area contributed by atoms with Gasteiger partial charge in [-0.25, -0.2) is 29.2 Å². The molecule has 0 bridgehead atoms. The van der Waals surface area contributed by atoms with Crippen LogP contribution in [0.25, 0.3) is 0 Å². The second kappa shape index (κ2) is 20.7. The van der Waals surface area contributed by atoms with Crippen LogP contribution in [0.5, 0.6) is 0 Å². The van der Waals surface area contributed by atoms with Crippen LogP contribution in [0.4, 0.5) is 0 Å². The van der Waals surface area contributed by atoms with Crippen molar-refractivity contribution in [3.8, 4) is 0 Å². The molecular formula is C45H56Cl2Zr-4. The molecule has 5 aliphatic rings. The molecule has 5 atom stereocenters. The quantitative estimate of drug-likeness (QED) is 0.200. The number of fused-ring (bicyclic) bond motifs is 7. The predicted molar refractivity (Wildman–Crippen MR) is 209 cm³/mol. The fourth-order valence-corrected chi connectivity index (χ4v) is 8.32. The number of benzene rings is 3. The van der Waals surface area contributed by atoms with Crippen molar-refractivity contribution in [1.82, 2.24) is 0 Å². The maximum atomic E-state index is 3.34. The second-order valence-corrected chi connectivity index (χ2v) is 14.2. The van der Waals surface area contributed by atoms with E-state index in [0.29, 0.717) is 5.41 Å². The van der Waals surface area contributed by atoms with Gasteiger partial charge in [-0.2, -0.15) is 77.9 Å². The van der Waals surface area contributed by atoms with Crippen LogP contribution in [0.3, 0.4) is 0 Å². The van der Waals surface area contributed by atoms with Gasteiger partial charge in [0.15, 0.2) is 0 Å². The van der Waals surface area contributed by atoms with Gasteiger partial charge in [0.05, 0.1) is 0 Å². The van der Waals surface area contributed by atoms with Crippen LogP contribution in [-0.4, -0.2) is 4.21 Å². The predicted octanol–water partition coefficient (Wildman–Crippen LogP) is 12.4. The summed E-state index contributed by atoms with van der Waals surface area (Å²) in [4.78, 5) is 0. The van der Waals surface area contributed by atoms with Gasteiger partial charge in [0, 0.05) is 0 Å². The molecule has 0 aromatic heterocycles. The van der Waals surface area contributed by atoms with Crippen molar-refractivity contribution in [2.45, 2.75) is 92.4 Å². The molecule has 5 aliphatic carbocycles. The van der Waals surface area contributed by atoms with Gasteiger partial charge in [-0.15, -0.1) is 38.2 Å². The monoisotopic (exact) mass is 756 g/mol. The molecule has 0 spiro atoms. The average molecular weight is 759 g/mol. The molecule has 0 saturated heterocycles. The molecule has 0 N–H and O–H groups in total.